The molecule has 0 radical (unpaired) electrons. The second-order valence-corrected chi connectivity index (χ2v) is 12.9. The minimum Gasteiger partial charge on any atom is -0.495 e. The average molecular weight is 666 g/mol. The molecule has 0 fully saturated rings. The van der Waals surface area contributed by atoms with E-state index in [1.807, 2.05) is 37.3 Å². The van der Waals surface area contributed by atoms with Crippen LogP contribution >= 0.6 is 11.6 Å². The van der Waals surface area contributed by atoms with Gasteiger partial charge in [-0.25, -0.2) is 12.8 Å². The van der Waals surface area contributed by atoms with Gasteiger partial charge in [0.25, 0.3) is 10.0 Å². The van der Waals surface area contributed by atoms with Crippen LogP contribution in [0, 0.1) is 5.82 Å². The topological polar surface area (TPSA) is 96.0 Å². The van der Waals surface area contributed by atoms with Crippen molar-refractivity contribution < 1.29 is 27.1 Å². The minimum absolute atomic E-state index is 0.0325. The summed E-state index contributed by atoms with van der Waals surface area (Å²) < 4.78 is 49.8. The van der Waals surface area contributed by atoms with E-state index in [2.05, 4.69) is 5.32 Å². The van der Waals surface area contributed by atoms with Crippen molar-refractivity contribution in [3.63, 3.8) is 0 Å². The van der Waals surface area contributed by atoms with Crippen LogP contribution in [0.25, 0.3) is 0 Å². The zero-order chi connectivity index (χ0) is 33.1. The Balaban J connectivity index is 1.84. The third-order valence-electron chi connectivity index (χ3n) is 7.42. The molecule has 1 N–H and O–H groups in total. The lowest BCUT2D eigenvalue weighted by atomic mass is 10.0. The normalized spacial score (nSPS) is 11.8. The summed E-state index contributed by atoms with van der Waals surface area (Å²) in [5.74, 6) is -1.55. The molecule has 4 rings (SSSR count). The first-order valence-corrected chi connectivity index (χ1v) is 16.7. The van der Waals surface area contributed by atoms with E-state index in [1.165, 1.54) is 54.5 Å². The van der Waals surface area contributed by atoms with Crippen LogP contribution in [-0.2, 0) is 32.6 Å². The average Bonchev–Trinajstić information content (AvgIpc) is 3.06. The second kappa shape index (κ2) is 16.2. The standard InChI is InChI=1S/C35H37ClFN3O5S/c1-3-4-21-38-35(42)32(22-26-13-7-5-8-14-26)39(24-27-15-11-12-18-30(27)37)34(41)25-40(31-23-28(36)19-20-33(31)45-2)46(43,44)29-16-9-6-10-17-29/h5-20,23,32H,3-4,21-22,24-25H2,1-2H3,(H,38,42)/t32-/m1/s1. The molecule has 0 spiro atoms. The van der Waals surface area contributed by atoms with E-state index in [0.717, 1.165) is 22.7 Å². The molecule has 4 aromatic rings. The van der Waals surface area contributed by atoms with E-state index in [4.69, 9.17) is 16.3 Å². The van der Waals surface area contributed by atoms with Crippen molar-refractivity contribution in [1.29, 1.82) is 0 Å². The van der Waals surface area contributed by atoms with Crippen LogP contribution in [0.2, 0.25) is 5.02 Å². The zero-order valence-electron chi connectivity index (χ0n) is 25.7. The Hall–Kier alpha value is -4.41. The molecule has 0 unspecified atom stereocenters. The quantitative estimate of drug-likeness (QED) is 0.152. The first-order chi connectivity index (χ1) is 22.1. The van der Waals surface area contributed by atoms with Gasteiger partial charge in [0.1, 0.15) is 24.2 Å². The summed E-state index contributed by atoms with van der Waals surface area (Å²) in [6.45, 7) is 1.37. The monoisotopic (exact) mass is 665 g/mol. The van der Waals surface area contributed by atoms with Crippen LogP contribution in [0.1, 0.15) is 30.9 Å². The molecule has 1 atom stereocenters. The number of carbonyl (C=O) groups excluding carboxylic acids is 2. The lowest BCUT2D eigenvalue weighted by Crippen LogP contribution is -2.53. The van der Waals surface area contributed by atoms with Gasteiger partial charge in [0.05, 0.1) is 17.7 Å². The van der Waals surface area contributed by atoms with Gasteiger partial charge in [0.2, 0.25) is 11.8 Å². The molecule has 0 aromatic heterocycles. The van der Waals surface area contributed by atoms with Gasteiger partial charge in [0, 0.05) is 30.1 Å². The highest BCUT2D eigenvalue weighted by Crippen LogP contribution is 2.35. The Morgan fingerprint density at radius 3 is 2.24 bits per heavy atom. The van der Waals surface area contributed by atoms with Gasteiger partial charge in [-0.1, -0.05) is 91.7 Å². The molecule has 4 aromatic carbocycles. The van der Waals surface area contributed by atoms with Crippen LogP contribution in [-0.4, -0.2) is 51.4 Å². The Kier molecular flexibility index (Phi) is 12.2. The number of unbranched alkanes of at least 4 members (excludes halogenated alkanes) is 1. The molecule has 11 heteroatoms. The summed E-state index contributed by atoms with van der Waals surface area (Å²) in [7, 11) is -2.99. The Bertz CT molecular complexity index is 1720. The maximum Gasteiger partial charge on any atom is 0.264 e. The van der Waals surface area contributed by atoms with Crippen molar-refractivity contribution in [1.82, 2.24) is 10.2 Å². The molecule has 0 aliphatic carbocycles. The van der Waals surface area contributed by atoms with Crippen molar-refractivity contribution in [2.45, 2.75) is 43.7 Å². The van der Waals surface area contributed by atoms with Crippen LogP contribution in [0.5, 0.6) is 5.75 Å². The number of hydrogen-bond donors (Lipinski definition) is 1. The van der Waals surface area contributed by atoms with Gasteiger partial charge in [-0.3, -0.25) is 13.9 Å². The van der Waals surface area contributed by atoms with Crippen molar-refractivity contribution in [3.05, 3.63) is 125 Å². The summed E-state index contributed by atoms with van der Waals surface area (Å²) >= 11 is 6.31. The van der Waals surface area contributed by atoms with Crippen LogP contribution < -0.4 is 14.4 Å². The summed E-state index contributed by atoms with van der Waals surface area (Å²) in [6, 6.07) is 26.1. The predicted octanol–water partition coefficient (Wildman–Crippen LogP) is 6.24. The van der Waals surface area contributed by atoms with Crippen molar-refractivity contribution in [2.75, 3.05) is 24.5 Å². The number of methoxy groups -OCH3 is 1. The number of sulfonamides is 1. The molecule has 0 aliphatic rings. The third-order valence-corrected chi connectivity index (χ3v) is 9.43. The smallest absolute Gasteiger partial charge is 0.264 e. The largest absolute Gasteiger partial charge is 0.495 e. The van der Waals surface area contributed by atoms with E-state index in [1.54, 1.807) is 30.3 Å². The maximum atomic E-state index is 15.1. The molecule has 46 heavy (non-hydrogen) atoms. The van der Waals surface area contributed by atoms with Gasteiger partial charge in [0.15, 0.2) is 0 Å². The minimum atomic E-state index is -4.36. The van der Waals surface area contributed by atoms with Gasteiger partial charge < -0.3 is 15.0 Å². The number of nitrogens with one attached hydrogen (secondary N) is 1. The lowest BCUT2D eigenvalue weighted by Gasteiger charge is -2.34. The van der Waals surface area contributed by atoms with Crippen molar-refractivity contribution >= 4 is 39.1 Å². The third kappa shape index (κ3) is 8.64. The fourth-order valence-electron chi connectivity index (χ4n) is 4.96. The Labute approximate surface area is 274 Å². The fourth-order valence-corrected chi connectivity index (χ4v) is 6.57. The van der Waals surface area contributed by atoms with E-state index >= 15 is 4.39 Å². The highest BCUT2D eigenvalue weighted by atomic mass is 35.5. The van der Waals surface area contributed by atoms with Crippen molar-refractivity contribution in [3.8, 4) is 5.75 Å². The van der Waals surface area contributed by atoms with Crippen LogP contribution in [0.4, 0.5) is 10.1 Å². The molecule has 0 heterocycles. The van der Waals surface area contributed by atoms with E-state index in [9.17, 15) is 18.0 Å². The molecule has 0 saturated heterocycles. The number of benzene rings is 4. The second-order valence-electron chi connectivity index (χ2n) is 10.6. The summed E-state index contributed by atoms with van der Waals surface area (Å²) in [6.07, 6.45) is 1.68. The highest BCUT2D eigenvalue weighted by molar-refractivity contribution is 7.92. The highest BCUT2D eigenvalue weighted by Gasteiger charge is 2.36. The predicted molar refractivity (Wildman–Crippen MR) is 178 cm³/mol. The number of amides is 2. The maximum absolute atomic E-state index is 15.1. The van der Waals surface area contributed by atoms with Gasteiger partial charge in [-0.2, -0.15) is 0 Å². The van der Waals surface area contributed by atoms with Crippen LogP contribution in [0.15, 0.2) is 108 Å². The Morgan fingerprint density at radius 2 is 1.59 bits per heavy atom. The molecule has 0 bridgehead atoms. The molecule has 8 nitrogen and oxygen atoms in total. The first kappa shape index (κ1) is 34.5. The van der Waals surface area contributed by atoms with E-state index in [0.29, 0.717) is 6.54 Å². The van der Waals surface area contributed by atoms with Gasteiger partial charge >= 0.3 is 0 Å². The van der Waals surface area contributed by atoms with E-state index < -0.39 is 40.2 Å². The molecule has 242 valence electrons. The number of nitrogens with zero attached hydrogens (tertiary/aromatic N) is 2. The summed E-state index contributed by atoms with van der Waals surface area (Å²) in [4.78, 5) is 29.5. The zero-order valence-corrected chi connectivity index (χ0v) is 27.3. The fraction of sp³-hybridized carbons (Fsp3) is 0.257. The van der Waals surface area contributed by atoms with Gasteiger partial charge in [-0.15, -0.1) is 0 Å². The number of hydrogen-bond acceptors (Lipinski definition) is 5. The summed E-state index contributed by atoms with van der Waals surface area (Å²) in [5.41, 5.74) is 0.980. The SMILES string of the molecule is CCCCNC(=O)[C@@H](Cc1ccccc1)N(Cc1ccccc1F)C(=O)CN(c1cc(Cl)ccc1OC)S(=O)(=O)c1ccccc1. The first-order valence-electron chi connectivity index (χ1n) is 14.9. The number of halogens is 2. The van der Waals surface area contributed by atoms with Gasteiger partial charge in [-0.05, 0) is 48.4 Å². The molecular formula is C35H37ClFN3O5S. The molecular weight excluding hydrogens is 629 g/mol. The number of ether oxygens (including phenoxy) is 1. The van der Waals surface area contributed by atoms with Crippen molar-refractivity contribution in [2.24, 2.45) is 0 Å². The Morgan fingerprint density at radius 1 is 0.935 bits per heavy atom. The molecule has 0 aliphatic heterocycles. The number of carbonyl (C=O) groups is 2. The number of rotatable bonds is 15. The molecule has 2 amide bonds. The summed E-state index contributed by atoms with van der Waals surface area (Å²) in [5, 5.41) is 3.13. The van der Waals surface area contributed by atoms with E-state index in [-0.39, 0.29) is 39.9 Å². The lowest BCUT2D eigenvalue weighted by molar-refractivity contribution is -0.140. The molecule has 0 saturated carbocycles. The number of anilines is 1. The van der Waals surface area contributed by atoms with Crippen LogP contribution in [0.3, 0.4) is 0 Å².